The van der Waals surface area contributed by atoms with E-state index in [-0.39, 0.29) is 10.9 Å². The number of nitrogens with one attached hydrogen (secondary N) is 1. The van der Waals surface area contributed by atoms with Crippen molar-refractivity contribution in [2.24, 2.45) is 5.10 Å². The monoisotopic (exact) mass is 399 g/mol. The van der Waals surface area contributed by atoms with Crippen LogP contribution in [0, 0.1) is 20.8 Å². The lowest BCUT2D eigenvalue weighted by Crippen LogP contribution is -2.18. The van der Waals surface area contributed by atoms with E-state index < -0.39 is 0 Å². The Morgan fingerprint density at radius 2 is 1.81 bits per heavy atom. The van der Waals surface area contributed by atoms with E-state index in [1.807, 2.05) is 32.0 Å². The van der Waals surface area contributed by atoms with Crippen LogP contribution < -0.4 is 5.43 Å². The number of aromatic nitrogens is 1. The summed E-state index contributed by atoms with van der Waals surface area (Å²) in [5.41, 5.74) is 8.22. The van der Waals surface area contributed by atoms with Crippen LogP contribution in [0.4, 0.5) is 0 Å². The van der Waals surface area contributed by atoms with E-state index in [1.165, 1.54) is 11.6 Å². The summed E-state index contributed by atoms with van der Waals surface area (Å²) in [6, 6.07) is 14.9. The molecule has 1 aromatic heterocycles. The highest BCUT2D eigenvalue weighted by atomic mass is 35.5. The SMILES string of the molecule is Cc1ccccc1-n1c(C)cc(/C=N\NC(=O)c2ccc(Cl)cc2Cl)c1C. The largest absolute Gasteiger partial charge is 0.318 e. The molecule has 1 N–H and O–H groups in total. The lowest BCUT2D eigenvalue weighted by atomic mass is 10.2. The number of carbonyl (C=O) groups is 1. The first-order chi connectivity index (χ1) is 12.9. The molecule has 0 saturated carbocycles. The number of halogens is 2. The van der Waals surface area contributed by atoms with Crippen LogP contribution in [0.5, 0.6) is 0 Å². The molecule has 0 aliphatic carbocycles. The fourth-order valence-corrected chi connectivity index (χ4v) is 3.49. The molecule has 1 heterocycles. The topological polar surface area (TPSA) is 46.4 Å². The zero-order valence-corrected chi connectivity index (χ0v) is 16.8. The fourth-order valence-electron chi connectivity index (χ4n) is 3.00. The van der Waals surface area contributed by atoms with Crippen LogP contribution in [0.25, 0.3) is 5.69 Å². The predicted molar refractivity (Wildman–Crippen MR) is 112 cm³/mol. The molecule has 0 aliphatic heterocycles. The summed E-state index contributed by atoms with van der Waals surface area (Å²) in [6.45, 7) is 6.15. The van der Waals surface area contributed by atoms with Gasteiger partial charge in [0, 0.05) is 27.7 Å². The molecule has 6 heteroatoms. The predicted octanol–water partition coefficient (Wildman–Crippen LogP) is 5.47. The van der Waals surface area contributed by atoms with E-state index in [0.717, 1.165) is 22.6 Å². The smallest absolute Gasteiger partial charge is 0.272 e. The second-order valence-corrected chi connectivity index (χ2v) is 7.12. The molecule has 0 atom stereocenters. The highest BCUT2D eigenvalue weighted by Gasteiger charge is 2.12. The first-order valence-electron chi connectivity index (χ1n) is 8.42. The van der Waals surface area contributed by atoms with Crippen LogP contribution in [0.1, 0.15) is 32.9 Å². The van der Waals surface area contributed by atoms with Gasteiger partial charge in [0.25, 0.3) is 5.91 Å². The minimum absolute atomic E-state index is 0.285. The lowest BCUT2D eigenvalue weighted by Gasteiger charge is -2.12. The molecule has 0 radical (unpaired) electrons. The third-order valence-electron chi connectivity index (χ3n) is 4.37. The van der Waals surface area contributed by atoms with Crippen molar-refractivity contribution < 1.29 is 4.79 Å². The molecule has 2 aromatic carbocycles. The number of para-hydroxylation sites is 1. The van der Waals surface area contributed by atoms with E-state index in [1.54, 1.807) is 18.3 Å². The Balaban J connectivity index is 1.81. The van der Waals surface area contributed by atoms with Crippen molar-refractivity contribution in [2.75, 3.05) is 0 Å². The summed E-state index contributed by atoms with van der Waals surface area (Å²) < 4.78 is 2.18. The average molecular weight is 400 g/mol. The molecule has 4 nitrogen and oxygen atoms in total. The molecule has 0 aliphatic rings. The van der Waals surface area contributed by atoms with Gasteiger partial charge in [-0.2, -0.15) is 5.10 Å². The number of aryl methyl sites for hydroxylation is 2. The Bertz CT molecular complexity index is 1040. The number of hydrazone groups is 1. The molecule has 1 amide bonds. The van der Waals surface area contributed by atoms with E-state index >= 15 is 0 Å². The maximum Gasteiger partial charge on any atom is 0.272 e. The van der Waals surface area contributed by atoms with Crippen molar-refractivity contribution >= 4 is 35.3 Å². The van der Waals surface area contributed by atoms with Crippen molar-refractivity contribution in [3.05, 3.63) is 86.7 Å². The van der Waals surface area contributed by atoms with Gasteiger partial charge in [-0.15, -0.1) is 0 Å². The Kier molecular flexibility index (Phi) is 5.68. The first kappa shape index (κ1) is 19.2. The maximum atomic E-state index is 12.2. The maximum absolute atomic E-state index is 12.2. The van der Waals surface area contributed by atoms with Crippen molar-refractivity contribution in [2.45, 2.75) is 20.8 Å². The van der Waals surface area contributed by atoms with Crippen LogP contribution >= 0.6 is 23.2 Å². The van der Waals surface area contributed by atoms with Crippen LogP contribution in [0.2, 0.25) is 10.0 Å². The number of carbonyl (C=O) groups excluding carboxylic acids is 1. The van der Waals surface area contributed by atoms with Crippen molar-refractivity contribution in [3.63, 3.8) is 0 Å². The normalized spacial score (nSPS) is 11.1. The van der Waals surface area contributed by atoms with Gasteiger partial charge in [-0.05, 0) is 56.7 Å². The van der Waals surface area contributed by atoms with E-state index in [2.05, 4.69) is 34.2 Å². The average Bonchev–Trinajstić information content (AvgIpc) is 2.89. The molecule has 138 valence electrons. The lowest BCUT2D eigenvalue weighted by molar-refractivity contribution is 0.0955. The molecular weight excluding hydrogens is 381 g/mol. The molecule has 27 heavy (non-hydrogen) atoms. The van der Waals surface area contributed by atoms with Crippen LogP contribution in [-0.4, -0.2) is 16.7 Å². The summed E-state index contributed by atoms with van der Waals surface area (Å²) in [4.78, 5) is 12.2. The van der Waals surface area contributed by atoms with Gasteiger partial charge in [0.1, 0.15) is 0 Å². The number of nitrogens with zero attached hydrogens (tertiary/aromatic N) is 2. The third kappa shape index (κ3) is 4.07. The fraction of sp³-hybridized carbons (Fsp3) is 0.143. The second kappa shape index (κ2) is 7.99. The molecule has 0 saturated heterocycles. The number of amides is 1. The summed E-state index contributed by atoms with van der Waals surface area (Å²) in [5, 5.41) is 4.84. The number of benzene rings is 2. The van der Waals surface area contributed by atoms with Gasteiger partial charge < -0.3 is 4.57 Å². The summed E-state index contributed by atoms with van der Waals surface area (Å²) >= 11 is 11.9. The van der Waals surface area contributed by atoms with Crippen LogP contribution in [-0.2, 0) is 0 Å². The highest BCUT2D eigenvalue weighted by molar-refractivity contribution is 6.36. The van der Waals surface area contributed by atoms with Crippen LogP contribution in [0.3, 0.4) is 0 Å². The van der Waals surface area contributed by atoms with Gasteiger partial charge in [0.05, 0.1) is 16.8 Å². The zero-order chi connectivity index (χ0) is 19.6. The minimum Gasteiger partial charge on any atom is -0.318 e. The van der Waals surface area contributed by atoms with Gasteiger partial charge in [-0.1, -0.05) is 41.4 Å². The number of rotatable bonds is 4. The molecule has 0 unspecified atom stereocenters. The molecule has 3 rings (SSSR count). The van der Waals surface area contributed by atoms with E-state index in [0.29, 0.717) is 10.6 Å². The highest BCUT2D eigenvalue weighted by Crippen LogP contribution is 2.23. The van der Waals surface area contributed by atoms with Crippen LogP contribution in [0.15, 0.2) is 53.6 Å². The molecule has 0 fully saturated rings. The molecule has 0 spiro atoms. The van der Waals surface area contributed by atoms with Crippen molar-refractivity contribution in [1.29, 1.82) is 0 Å². The standard InChI is InChI=1S/C21H19Cl2N3O/c1-13-6-4-5-7-20(13)26-14(2)10-16(15(26)3)12-24-25-21(27)18-9-8-17(22)11-19(18)23/h4-12H,1-3H3,(H,25,27)/b24-12-. The van der Waals surface area contributed by atoms with Gasteiger partial charge >= 0.3 is 0 Å². The Morgan fingerprint density at radius 3 is 2.52 bits per heavy atom. The quantitative estimate of drug-likeness (QED) is 0.458. The molecule has 0 bridgehead atoms. The summed E-state index contributed by atoms with van der Waals surface area (Å²) in [5.74, 6) is -0.388. The number of hydrogen-bond acceptors (Lipinski definition) is 2. The zero-order valence-electron chi connectivity index (χ0n) is 15.3. The van der Waals surface area contributed by atoms with Crippen molar-refractivity contribution in [1.82, 2.24) is 9.99 Å². The first-order valence-corrected chi connectivity index (χ1v) is 9.17. The molecular formula is C21H19Cl2N3O. The third-order valence-corrected chi connectivity index (χ3v) is 4.92. The minimum atomic E-state index is -0.388. The Morgan fingerprint density at radius 1 is 1.07 bits per heavy atom. The van der Waals surface area contributed by atoms with Gasteiger partial charge in [0.2, 0.25) is 0 Å². The van der Waals surface area contributed by atoms with Gasteiger partial charge in [-0.3, -0.25) is 4.79 Å². The summed E-state index contributed by atoms with van der Waals surface area (Å²) in [7, 11) is 0. The molecule has 3 aromatic rings. The van der Waals surface area contributed by atoms with Gasteiger partial charge in [-0.25, -0.2) is 5.43 Å². The Hall–Kier alpha value is -2.56. The summed E-state index contributed by atoms with van der Waals surface area (Å²) in [6.07, 6.45) is 1.64. The second-order valence-electron chi connectivity index (χ2n) is 6.27. The van der Waals surface area contributed by atoms with Crippen molar-refractivity contribution in [3.8, 4) is 5.69 Å². The Labute approximate surface area is 168 Å². The van der Waals surface area contributed by atoms with Gasteiger partial charge in [0.15, 0.2) is 0 Å². The number of hydrogen-bond donors (Lipinski definition) is 1. The van der Waals surface area contributed by atoms with E-state index in [9.17, 15) is 4.79 Å². The van der Waals surface area contributed by atoms with E-state index in [4.69, 9.17) is 23.2 Å².